The number of methoxy groups -OCH3 is 1. The van der Waals surface area contributed by atoms with Crippen LogP contribution in [-0.2, 0) is 0 Å². The summed E-state index contributed by atoms with van der Waals surface area (Å²) in [7, 11) is 3.53. The molecule has 0 saturated heterocycles. The molecule has 0 spiro atoms. The lowest BCUT2D eigenvalue weighted by atomic mass is 9.97. The van der Waals surface area contributed by atoms with Crippen LogP contribution in [0.4, 0.5) is 0 Å². The van der Waals surface area contributed by atoms with Gasteiger partial charge in [-0.25, -0.2) is 4.98 Å². The average molecular weight is 257 g/mol. The molecule has 0 aliphatic carbocycles. The van der Waals surface area contributed by atoms with Crippen molar-refractivity contribution in [2.45, 2.75) is 19.9 Å². The third-order valence-corrected chi connectivity index (χ3v) is 3.18. The van der Waals surface area contributed by atoms with Crippen LogP contribution in [0.5, 0.6) is 5.88 Å². The molecule has 1 aromatic heterocycles. The fraction of sp³-hybridized carbons (Fsp3) is 0.333. The van der Waals surface area contributed by atoms with Gasteiger partial charge in [0.05, 0.1) is 13.2 Å². The summed E-state index contributed by atoms with van der Waals surface area (Å²) in [6, 6.07) is 6.38. The molecule has 0 bridgehead atoms. The summed E-state index contributed by atoms with van der Waals surface area (Å²) < 4.78 is 5.30. The van der Waals surface area contributed by atoms with Crippen molar-refractivity contribution < 1.29 is 4.74 Å². The fourth-order valence-electron chi connectivity index (χ4n) is 2.28. The highest BCUT2D eigenvalue weighted by Gasteiger charge is 2.20. The largest absolute Gasteiger partial charge is 0.480 e. The van der Waals surface area contributed by atoms with E-state index in [1.165, 1.54) is 16.7 Å². The van der Waals surface area contributed by atoms with Gasteiger partial charge in [-0.1, -0.05) is 23.8 Å². The number of hydrogen-bond acceptors (Lipinski definition) is 4. The second-order valence-electron chi connectivity index (χ2n) is 4.53. The Balaban J connectivity index is 2.50. The normalized spacial score (nSPS) is 12.2. The summed E-state index contributed by atoms with van der Waals surface area (Å²) in [6.45, 7) is 4.20. The van der Waals surface area contributed by atoms with E-state index in [1.807, 2.05) is 7.05 Å². The first-order valence-corrected chi connectivity index (χ1v) is 6.26. The zero-order valence-corrected chi connectivity index (χ0v) is 11.8. The van der Waals surface area contributed by atoms with Crippen molar-refractivity contribution in [1.82, 2.24) is 15.3 Å². The molecule has 1 atom stereocenters. The Hall–Kier alpha value is -1.94. The molecule has 2 aromatic rings. The number of ether oxygens (including phenoxy) is 1. The van der Waals surface area contributed by atoms with Crippen molar-refractivity contribution >= 4 is 0 Å². The molecule has 1 N–H and O–H groups in total. The molecule has 2 rings (SSSR count). The van der Waals surface area contributed by atoms with E-state index in [1.54, 1.807) is 19.5 Å². The molecule has 19 heavy (non-hydrogen) atoms. The zero-order valence-electron chi connectivity index (χ0n) is 11.8. The number of nitrogens with zero attached hydrogens (tertiary/aromatic N) is 2. The molecule has 0 fully saturated rings. The van der Waals surface area contributed by atoms with Crippen molar-refractivity contribution in [1.29, 1.82) is 0 Å². The molecule has 1 aromatic carbocycles. The maximum atomic E-state index is 5.30. The third kappa shape index (κ3) is 2.74. The third-order valence-electron chi connectivity index (χ3n) is 3.18. The van der Waals surface area contributed by atoms with Crippen LogP contribution in [0.2, 0.25) is 0 Å². The standard InChI is InChI=1S/C15H19N3O/c1-10-5-6-12(11(2)9-10)13(16-3)14-15(19-4)18-8-7-17-14/h5-9,13,16H,1-4H3. The van der Waals surface area contributed by atoms with Gasteiger partial charge in [0, 0.05) is 12.4 Å². The van der Waals surface area contributed by atoms with Gasteiger partial charge in [0.2, 0.25) is 5.88 Å². The minimum Gasteiger partial charge on any atom is -0.480 e. The molecule has 0 aliphatic rings. The maximum Gasteiger partial charge on any atom is 0.237 e. The van der Waals surface area contributed by atoms with Crippen LogP contribution in [0.1, 0.15) is 28.4 Å². The number of nitrogens with one attached hydrogen (secondary N) is 1. The highest BCUT2D eigenvalue weighted by atomic mass is 16.5. The van der Waals surface area contributed by atoms with E-state index < -0.39 is 0 Å². The first kappa shape index (κ1) is 13.5. The Kier molecular flexibility index (Phi) is 4.12. The Labute approximate surface area is 113 Å². The summed E-state index contributed by atoms with van der Waals surface area (Å²) >= 11 is 0. The Morgan fingerprint density at radius 2 is 1.89 bits per heavy atom. The molecule has 1 unspecified atom stereocenters. The predicted octanol–water partition coefficient (Wildman–Crippen LogP) is 2.41. The molecule has 4 heteroatoms. The molecule has 0 saturated carbocycles. The second-order valence-corrected chi connectivity index (χ2v) is 4.53. The molecular formula is C15H19N3O. The average Bonchev–Trinajstić information content (AvgIpc) is 2.42. The van der Waals surface area contributed by atoms with Crippen LogP contribution >= 0.6 is 0 Å². The minimum atomic E-state index is -0.0238. The van der Waals surface area contributed by atoms with Crippen molar-refractivity contribution in [3.05, 3.63) is 53.0 Å². The lowest BCUT2D eigenvalue weighted by Gasteiger charge is -2.20. The molecule has 100 valence electrons. The Bertz CT molecular complexity index is 569. The maximum absolute atomic E-state index is 5.30. The molecule has 0 radical (unpaired) electrons. The molecule has 0 amide bonds. The fourth-order valence-corrected chi connectivity index (χ4v) is 2.28. The quantitative estimate of drug-likeness (QED) is 0.913. The minimum absolute atomic E-state index is 0.0238. The SMILES string of the molecule is CNC(c1ccc(C)cc1C)c1nccnc1OC. The van der Waals surface area contributed by atoms with Crippen LogP contribution in [0, 0.1) is 13.8 Å². The number of aryl methyl sites for hydroxylation is 2. The number of benzene rings is 1. The number of hydrogen-bond donors (Lipinski definition) is 1. The van der Waals surface area contributed by atoms with Gasteiger partial charge in [-0.3, -0.25) is 4.98 Å². The lowest BCUT2D eigenvalue weighted by Crippen LogP contribution is -2.21. The topological polar surface area (TPSA) is 47.0 Å². The molecule has 1 heterocycles. The van der Waals surface area contributed by atoms with Crippen molar-refractivity contribution in [2.75, 3.05) is 14.2 Å². The summed E-state index contributed by atoms with van der Waals surface area (Å²) in [5, 5.41) is 3.29. The van der Waals surface area contributed by atoms with E-state index >= 15 is 0 Å². The summed E-state index contributed by atoms with van der Waals surface area (Å²) in [6.07, 6.45) is 3.32. The number of aromatic nitrogens is 2. The molecular weight excluding hydrogens is 238 g/mol. The predicted molar refractivity (Wildman–Crippen MR) is 75.4 cm³/mol. The van der Waals surface area contributed by atoms with Gasteiger partial charge >= 0.3 is 0 Å². The van der Waals surface area contributed by atoms with Gasteiger partial charge in [0.1, 0.15) is 5.69 Å². The van der Waals surface area contributed by atoms with E-state index in [2.05, 4.69) is 47.3 Å². The van der Waals surface area contributed by atoms with E-state index in [-0.39, 0.29) is 6.04 Å². The van der Waals surface area contributed by atoms with E-state index in [4.69, 9.17) is 4.74 Å². The molecule has 0 aliphatic heterocycles. The summed E-state index contributed by atoms with van der Waals surface area (Å²) in [5.41, 5.74) is 4.47. The van der Waals surface area contributed by atoms with E-state index in [0.29, 0.717) is 5.88 Å². The first-order chi connectivity index (χ1) is 9.17. The van der Waals surface area contributed by atoms with Gasteiger partial charge in [-0.15, -0.1) is 0 Å². The van der Waals surface area contributed by atoms with Gasteiger partial charge in [0.15, 0.2) is 0 Å². The highest BCUT2D eigenvalue weighted by molar-refractivity contribution is 5.39. The van der Waals surface area contributed by atoms with Gasteiger partial charge in [-0.2, -0.15) is 0 Å². The van der Waals surface area contributed by atoms with Crippen molar-refractivity contribution in [3.63, 3.8) is 0 Å². The van der Waals surface area contributed by atoms with Crippen LogP contribution < -0.4 is 10.1 Å². The van der Waals surface area contributed by atoms with Gasteiger partial charge in [0.25, 0.3) is 0 Å². The summed E-state index contributed by atoms with van der Waals surface area (Å²) in [5.74, 6) is 0.557. The van der Waals surface area contributed by atoms with E-state index in [0.717, 1.165) is 5.69 Å². The van der Waals surface area contributed by atoms with Crippen LogP contribution in [-0.4, -0.2) is 24.1 Å². The second kappa shape index (κ2) is 5.80. The Morgan fingerprint density at radius 1 is 1.16 bits per heavy atom. The molecule has 4 nitrogen and oxygen atoms in total. The lowest BCUT2D eigenvalue weighted by molar-refractivity contribution is 0.384. The van der Waals surface area contributed by atoms with Crippen molar-refractivity contribution in [2.24, 2.45) is 0 Å². The van der Waals surface area contributed by atoms with Crippen LogP contribution in [0.15, 0.2) is 30.6 Å². The van der Waals surface area contributed by atoms with Crippen molar-refractivity contribution in [3.8, 4) is 5.88 Å². The number of rotatable bonds is 4. The Morgan fingerprint density at radius 3 is 2.53 bits per heavy atom. The van der Waals surface area contributed by atoms with Crippen LogP contribution in [0.25, 0.3) is 0 Å². The highest BCUT2D eigenvalue weighted by Crippen LogP contribution is 2.28. The summed E-state index contributed by atoms with van der Waals surface area (Å²) in [4.78, 5) is 8.62. The first-order valence-electron chi connectivity index (χ1n) is 6.26. The van der Waals surface area contributed by atoms with Crippen LogP contribution in [0.3, 0.4) is 0 Å². The van der Waals surface area contributed by atoms with Gasteiger partial charge in [-0.05, 0) is 32.0 Å². The van der Waals surface area contributed by atoms with Gasteiger partial charge < -0.3 is 10.1 Å². The smallest absolute Gasteiger partial charge is 0.237 e. The monoisotopic (exact) mass is 257 g/mol. The zero-order chi connectivity index (χ0) is 13.8. The van der Waals surface area contributed by atoms with E-state index in [9.17, 15) is 0 Å².